The van der Waals surface area contributed by atoms with Crippen LogP contribution in [0.1, 0.15) is 24.2 Å². The second-order valence-electron chi connectivity index (χ2n) is 6.38. The summed E-state index contributed by atoms with van der Waals surface area (Å²) in [5, 5.41) is 20.0. The second kappa shape index (κ2) is 7.25. The number of hydrogen-bond acceptors (Lipinski definition) is 5. The minimum absolute atomic E-state index is 0.0568. The Bertz CT molecular complexity index is 613. The number of carbonyl (C=O) groups excluding carboxylic acids is 1. The molecule has 1 aliphatic rings. The molecule has 0 aromatic carbocycles. The van der Waals surface area contributed by atoms with Crippen molar-refractivity contribution in [3.63, 3.8) is 0 Å². The Balaban J connectivity index is 2.31. The lowest BCUT2D eigenvalue weighted by atomic mass is 10.00. The third-order valence-electron chi connectivity index (χ3n) is 3.92. The summed E-state index contributed by atoms with van der Waals surface area (Å²) in [6.07, 6.45) is -0.597. The summed E-state index contributed by atoms with van der Waals surface area (Å²) in [6.45, 7) is 4.57. The van der Waals surface area contributed by atoms with Gasteiger partial charge in [0.15, 0.2) is 0 Å². The van der Waals surface area contributed by atoms with Crippen LogP contribution in [0.4, 0.5) is 0 Å². The van der Waals surface area contributed by atoms with Gasteiger partial charge in [-0.05, 0) is 12.0 Å². The molecular weight excluding hydrogens is 300 g/mol. The van der Waals surface area contributed by atoms with Gasteiger partial charge < -0.3 is 24.4 Å². The molecule has 0 unspecified atom stereocenters. The highest BCUT2D eigenvalue weighted by Gasteiger charge is 2.38. The minimum Gasteiger partial charge on any atom is -0.388 e. The van der Waals surface area contributed by atoms with Gasteiger partial charge in [-0.3, -0.25) is 9.59 Å². The van der Waals surface area contributed by atoms with Crippen molar-refractivity contribution < 1.29 is 19.7 Å². The number of aryl methyl sites for hydroxylation is 1. The molecule has 2 N–H and O–H groups in total. The molecule has 0 aliphatic carbocycles. The van der Waals surface area contributed by atoms with Crippen LogP contribution in [-0.2, 0) is 11.8 Å². The first kappa shape index (κ1) is 17.7. The molecule has 1 amide bonds. The first-order valence-electron chi connectivity index (χ1n) is 7.72. The lowest BCUT2D eigenvalue weighted by Gasteiger charge is -2.40. The molecule has 1 aromatic heterocycles. The largest absolute Gasteiger partial charge is 0.388 e. The van der Waals surface area contributed by atoms with Crippen LogP contribution in [0.25, 0.3) is 0 Å². The Hall–Kier alpha value is -1.70. The van der Waals surface area contributed by atoms with E-state index in [-0.39, 0.29) is 30.6 Å². The molecule has 1 saturated heterocycles. The van der Waals surface area contributed by atoms with Crippen LogP contribution >= 0.6 is 0 Å². The van der Waals surface area contributed by atoms with Gasteiger partial charge in [0.05, 0.1) is 24.8 Å². The maximum atomic E-state index is 12.9. The average Bonchev–Trinajstić information content (AvgIpc) is 2.50. The standard InChI is InChI=1S/C16H24N2O5/c1-10(2)6-18(12-8-23-9-13(19)15(12)21)16(22)11-4-5-14(20)17(3)7-11/h4-5,7,10,12-13,15,19,21H,6,8-9H2,1-3H3/t12-,13-,15+/m1/s1. The van der Waals surface area contributed by atoms with E-state index < -0.39 is 18.2 Å². The molecule has 7 heteroatoms. The fourth-order valence-electron chi connectivity index (χ4n) is 2.69. The first-order chi connectivity index (χ1) is 10.8. The molecule has 1 aromatic rings. The van der Waals surface area contributed by atoms with Gasteiger partial charge in [-0.25, -0.2) is 0 Å². The van der Waals surface area contributed by atoms with Gasteiger partial charge in [0.2, 0.25) is 5.56 Å². The normalized spacial score (nSPS) is 24.7. The molecule has 2 heterocycles. The SMILES string of the molecule is CC(C)CN(C(=O)c1ccc(=O)n(C)c1)[C@@H]1COC[C@@H](O)[C@H]1O. The van der Waals surface area contributed by atoms with Gasteiger partial charge in [-0.15, -0.1) is 0 Å². The zero-order chi connectivity index (χ0) is 17.1. The number of aliphatic hydroxyl groups excluding tert-OH is 2. The minimum atomic E-state index is -1.06. The molecule has 0 radical (unpaired) electrons. The summed E-state index contributed by atoms with van der Waals surface area (Å²) < 4.78 is 6.63. The number of nitrogens with zero attached hydrogens (tertiary/aromatic N) is 2. The third kappa shape index (κ3) is 3.99. The van der Waals surface area contributed by atoms with E-state index in [4.69, 9.17) is 4.74 Å². The number of carbonyl (C=O) groups is 1. The molecule has 23 heavy (non-hydrogen) atoms. The predicted molar refractivity (Wildman–Crippen MR) is 84.2 cm³/mol. The van der Waals surface area contributed by atoms with E-state index >= 15 is 0 Å². The van der Waals surface area contributed by atoms with Gasteiger partial charge in [-0.1, -0.05) is 13.8 Å². The van der Waals surface area contributed by atoms with Gasteiger partial charge >= 0.3 is 0 Å². The van der Waals surface area contributed by atoms with Crippen molar-refractivity contribution in [2.45, 2.75) is 32.1 Å². The van der Waals surface area contributed by atoms with E-state index in [2.05, 4.69) is 0 Å². The van der Waals surface area contributed by atoms with Crippen molar-refractivity contribution in [1.82, 2.24) is 9.47 Å². The Kier molecular flexibility index (Phi) is 5.56. The van der Waals surface area contributed by atoms with E-state index in [0.717, 1.165) is 0 Å². The summed E-state index contributed by atoms with van der Waals surface area (Å²) in [5.74, 6) is -0.117. The number of rotatable bonds is 4. The van der Waals surface area contributed by atoms with Crippen molar-refractivity contribution >= 4 is 5.91 Å². The summed E-state index contributed by atoms with van der Waals surface area (Å²) in [4.78, 5) is 25.9. The molecule has 0 bridgehead atoms. The highest BCUT2D eigenvalue weighted by atomic mass is 16.5. The van der Waals surface area contributed by atoms with Gasteiger partial charge in [0.25, 0.3) is 5.91 Å². The maximum absolute atomic E-state index is 12.9. The number of pyridine rings is 1. The Morgan fingerprint density at radius 3 is 2.70 bits per heavy atom. The van der Waals surface area contributed by atoms with Gasteiger partial charge in [0.1, 0.15) is 12.2 Å². The average molecular weight is 324 g/mol. The monoisotopic (exact) mass is 324 g/mol. The Morgan fingerprint density at radius 1 is 1.39 bits per heavy atom. The van der Waals surface area contributed by atoms with Crippen LogP contribution in [0, 0.1) is 5.92 Å². The topological polar surface area (TPSA) is 92.0 Å². The lowest BCUT2D eigenvalue weighted by molar-refractivity contribution is -0.126. The number of ether oxygens (including phenoxy) is 1. The number of aliphatic hydroxyl groups is 2. The lowest BCUT2D eigenvalue weighted by Crippen LogP contribution is -2.58. The van der Waals surface area contributed by atoms with Gasteiger partial charge in [-0.2, -0.15) is 0 Å². The summed E-state index contributed by atoms with van der Waals surface area (Å²) in [7, 11) is 1.58. The van der Waals surface area contributed by atoms with Crippen molar-refractivity contribution in [3.05, 3.63) is 34.2 Å². The predicted octanol–water partition coefficient (Wildman–Crippen LogP) is -0.396. The van der Waals surface area contributed by atoms with Crippen molar-refractivity contribution in [2.24, 2.45) is 13.0 Å². The molecule has 0 saturated carbocycles. The van der Waals surface area contributed by atoms with Crippen LogP contribution in [0.15, 0.2) is 23.1 Å². The van der Waals surface area contributed by atoms with Crippen LogP contribution in [-0.4, -0.2) is 63.6 Å². The van der Waals surface area contributed by atoms with Crippen LogP contribution < -0.4 is 5.56 Å². The van der Waals surface area contributed by atoms with Crippen LogP contribution in [0.3, 0.4) is 0 Å². The van der Waals surface area contributed by atoms with Crippen LogP contribution in [0.2, 0.25) is 0 Å². The quantitative estimate of drug-likeness (QED) is 0.786. The molecule has 0 spiro atoms. The highest BCUT2D eigenvalue weighted by molar-refractivity contribution is 5.94. The van der Waals surface area contributed by atoms with Crippen molar-refractivity contribution in [1.29, 1.82) is 0 Å². The number of amides is 1. The molecular formula is C16H24N2O5. The summed E-state index contributed by atoms with van der Waals surface area (Å²) >= 11 is 0. The zero-order valence-corrected chi connectivity index (χ0v) is 13.7. The fraction of sp³-hybridized carbons (Fsp3) is 0.625. The molecule has 7 nitrogen and oxygen atoms in total. The highest BCUT2D eigenvalue weighted by Crippen LogP contribution is 2.19. The number of hydrogen-bond donors (Lipinski definition) is 2. The second-order valence-corrected chi connectivity index (χ2v) is 6.38. The summed E-state index contributed by atoms with van der Waals surface area (Å²) in [6, 6.07) is 2.19. The number of aromatic nitrogens is 1. The molecule has 2 rings (SSSR count). The van der Waals surface area contributed by atoms with E-state index in [0.29, 0.717) is 12.1 Å². The Labute approximate surface area is 135 Å². The van der Waals surface area contributed by atoms with E-state index in [1.807, 2.05) is 13.8 Å². The Morgan fingerprint density at radius 2 is 2.09 bits per heavy atom. The maximum Gasteiger partial charge on any atom is 0.255 e. The molecule has 128 valence electrons. The van der Waals surface area contributed by atoms with Crippen LogP contribution in [0.5, 0.6) is 0 Å². The smallest absolute Gasteiger partial charge is 0.255 e. The van der Waals surface area contributed by atoms with E-state index in [1.54, 1.807) is 7.05 Å². The van der Waals surface area contributed by atoms with E-state index in [9.17, 15) is 19.8 Å². The third-order valence-corrected chi connectivity index (χ3v) is 3.92. The summed E-state index contributed by atoms with van der Waals surface area (Å²) in [5.41, 5.74) is 0.161. The zero-order valence-electron chi connectivity index (χ0n) is 13.7. The van der Waals surface area contributed by atoms with Gasteiger partial charge in [0, 0.05) is 25.9 Å². The fourth-order valence-corrected chi connectivity index (χ4v) is 2.69. The molecule has 3 atom stereocenters. The molecule has 1 aliphatic heterocycles. The first-order valence-corrected chi connectivity index (χ1v) is 7.72. The van der Waals surface area contributed by atoms with E-state index in [1.165, 1.54) is 27.8 Å². The van der Waals surface area contributed by atoms with Crippen molar-refractivity contribution in [3.8, 4) is 0 Å². The van der Waals surface area contributed by atoms with Crippen molar-refractivity contribution in [2.75, 3.05) is 19.8 Å². The molecule has 1 fully saturated rings.